The molecule has 1 aliphatic rings. The first-order valence-corrected chi connectivity index (χ1v) is 7.81. The molecule has 1 aliphatic heterocycles. The van der Waals surface area contributed by atoms with E-state index in [-0.39, 0.29) is 5.91 Å². The third kappa shape index (κ3) is 4.25. The van der Waals surface area contributed by atoms with Crippen molar-refractivity contribution in [1.82, 2.24) is 19.4 Å². The fourth-order valence-corrected chi connectivity index (χ4v) is 2.57. The third-order valence-electron chi connectivity index (χ3n) is 4.27. The number of hydrogen-bond acceptors (Lipinski definition) is 3. The summed E-state index contributed by atoms with van der Waals surface area (Å²) in [5, 5.41) is 0. The molecule has 1 unspecified atom stereocenters. The molecule has 1 atom stereocenters. The van der Waals surface area contributed by atoms with Crippen LogP contribution in [0.4, 0.5) is 8.78 Å². The zero-order valence-corrected chi connectivity index (χ0v) is 13.2. The Balaban J connectivity index is 1.82. The number of hydrogen-bond donors (Lipinski definition) is 0. The Labute approximate surface area is 129 Å². The van der Waals surface area contributed by atoms with Crippen LogP contribution in [-0.2, 0) is 11.3 Å². The average Bonchev–Trinajstić information content (AvgIpc) is 2.96. The number of nitrogens with zero attached hydrogens (tertiary/aromatic N) is 4. The lowest BCUT2D eigenvalue weighted by Gasteiger charge is -2.35. The summed E-state index contributed by atoms with van der Waals surface area (Å²) >= 11 is 0. The largest absolute Gasteiger partial charge is 0.340 e. The van der Waals surface area contributed by atoms with Crippen molar-refractivity contribution in [2.45, 2.75) is 39.8 Å². The van der Waals surface area contributed by atoms with E-state index in [1.54, 1.807) is 0 Å². The van der Waals surface area contributed by atoms with Crippen LogP contribution in [0.2, 0.25) is 0 Å². The van der Waals surface area contributed by atoms with E-state index < -0.39 is 6.55 Å². The smallest absolute Gasteiger partial charge is 0.319 e. The van der Waals surface area contributed by atoms with Gasteiger partial charge in [-0.2, -0.15) is 8.78 Å². The SMILES string of the molecule is CCC(C)CC(=O)N1CCN(Cc2nccn2C(F)F)CC1. The van der Waals surface area contributed by atoms with E-state index in [2.05, 4.69) is 23.7 Å². The molecule has 1 aromatic rings. The Hall–Kier alpha value is -1.50. The molecule has 0 bridgehead atoms. The number of alkyl halides is 2. The molecule has 0 radical (unpaired) electrons. The Bertz CT molecular complexity index is 484. The minimum absolute atomic E-state index is 0.197. The molecule has 1 fully saturated rings. The summed E-state index contributed by atoms with van der Waals surface area (Å²) in [6.45, 7) is 4.71. The predicted octanol–water partition coefficient (Wildman–Crippen LogP) is 2.36. The molecule has 0 N–H and O–H groups in total. The highest BCUT2D eigenvalue weighted by Gasteiger charge is 2.23. The van der Waals surface area contributed by atoms with E-state index >= 15 is 0 Å². The molecule has 124 valence electrons. The first kappa shape index (κ1) is 16.9. The highest BCUT2D eigenvalue weighted by molar-refractivity contribution is 5.76. The molecule has 2 heterocycles. The van der Waals surface area contributed by atoms with Crippen LogP contribution in [0.25, 0.3) is 0 Å². The van der Waals surface area contributed by atoms with E-state index in [0.29, 0.717) is 50.9 Å². The van der Waals surface area contributed by atoms with Crippen LogP contribution < -0.4 is 0 Å². The maximum Gasteiger partial charge on any atom is 0.319 e. The van der Waals surface area contributed by atoms with Gasteiger partial charge in [-0.3, -0.25) is 14.3 Å². The number of carbonyl (C=O) groups excluding carboxylic acids is 1. The van der Waals surface area contributed by atoms with Crippen LogP contribution in [0.3, 0.4) is 0 Å². The van der Waals surface area contributed by atoms with E-state index in [1.807, 2.05) is 4.90 Å². The lowest BCUT2D eigenvalue weighted by atomic mass is 10.0. The molecule has 1 saturated heterocycles. The summed E-state index contributed by atoms with van der Waals surface area (Å²) in [5.74, 6) is 0.974. The molecule has 0 saturated carbocycles. The summed E-state index contributed by atoms with van der Waals surface area (Å²) < 4.78 is 26.5. The number of carbonyl (C=O) groups is 1. The maximum absolute atomic E-state index is 12.8. The number of halogens is 2. The van der Waals surface area contributed by atoms with Crippen LogP contribution in [0, 0.1) is 5.92 Å². The Morgan fingerprint density at radius 2 is 2.00 bits per heavy atom. The van der Waals surface area contributed by atoms with Crippen molar-refractivity contribution >= 4 is 5.91 Å². The summed E-state index contributed by atoms with van der Waals surface area (Å²) in [5.41, 5.74) is 0. The van der Waals surface area contributed by atoms with Gasteiger partial charge in [0.05, 0.1) is 6.54 Å². The van der Waals surface area contributed by atoms with Crippen LogP contribution in [0.5, 0.6) is 0 Å². The van der Waals surface area contributed by atoms with Gasteiger partial charge in [-0.05, 0) is 5.92 Å². The molecule has 22 heavy (non-hydrogen) atoms. The predicted molar refractivity (Wildman–Crippen MR) is 79.4 cm³/mol. The van der Waals surface area contributed by atoms with Crippen LogP contribution in [0.15, 0.2) is 12.4 Å². The van der Waals surface area contributed by atoms with E-state index in [1.165, 1.54) is 12.4 Å². The third-order valence-corrected chi connectivity index (χ3v) is 4.27. The van der Waals surface area contributed by atoms with Crippen LogP contribution >= 0.6 is 0 Å². The van der Waals surface area contributed by atoms with Crippen LogP contribution in [0.1, 0.15) is 39.1 Å². The van der Waals surface area contributed by atoms with E-state index in [4.69, 9.17) is 0 Å². The van der Waals surface area contributed by atoms with E-state index in [0.717, 1.165) is 11.0 Å². The summed E-state index contributed by atoms with van der Waals surface area (Å²) in [6.07, 6.45) is 4.29. The van der Waals surface area contributed by atoms with Gasteiger partial charge < -0.3 is 4.90 Å². The van der Waals surface area contributed by atoms with Crippen molar-refractivity contribution in [3.63, 3.8) is 0 Å². The second-order valence-electron chi connectivity index (χ2n) is 5.90. The quantitative estimate of drug-likeness (QED) is 0.809. The van der Waals surface area contributed by atoms with Crippen LogP contribution in [-0.4, -0.2) is 51.4 Å². The lowest BCUT2D eigenvalue weighted by Crippen LogP contribution is -2.48. The molecule has 0 spiro atoms. The number of imidazole rings is 1. The highest BCUT2D eigenvalue weighted by atomic mass is 19.3. The molecular formula is C15H24F2N4O. The fourth-order valence-electron chi connectivity index (χ4n) is 2.57. The van der Waals surface area contributed by atoms with Crippen molar-refractivity contribution in [2.75, 3.05) is 26.2 Å². The summed E-state index contributed by atoms with van der Waals surface area (Å²) in [6, 6.07) is 0. The van der Waals surface area contributed by atoms with Gasteiger partial charge in [0, 0.05) is 45.0 Å². The van der Waals surface area contributed by atoms with Crippen molar-refractivity contribution in [1.29, 1.82) is 0 Å². The van der Waals surface area contributed by atoms with Crippen molar-refractivity contribution < 1.29 is 13.6 Å². The van der Waals surface area contributed by atoms with Gasteiger partial charge in [0.1, 0.15) is 5.82 Å². The first-order chi connectivity index (χ1) is 10.5. The molecule has 1 amide bonds. The Morgan fingerprint density at radius 1 is 1.32 bits per heavy atom. The number of amides is 1. The van der Waals surface area contributed by atoms with Gasteiger partial charge in [0.25, 0.3) is 0 Å². The van der Waals surface area contributed by atoms with Crippen molar-refractivity contribution in [3.05, 3.63) is 18.2 Å². The molecular weight excluding hydrogens is 290 g/mol. The van der Waals surface area contributed by atoms with Crippen molar-refractivity contribution in [3.8, 4) is 0 Å². The lowest BCUT2D eigenvalue weighted by molar-refractivity contribution is -0.133. The van der Waals surface area contributed by atoms with Gasteiger partial charge in [0.2, 0.25) is 5.91 Å². The van der Waals surface area contributed by atoms with Gasteiger partial charge in [-0.1, -0.05) is 20.3 Å². The number of rotatable bonds is 6. The van der Waals surface area contributed by atoms with Gasteiger partial charge in [0.15, 0.2) is 0 Å². The monoisotopic (exact) mass is 314 g/mol. The standard InChI is InChI=1S/C15H24F2N4O/c1-3-12(2)10-14(22)20-8-6-19(7-9-20)11-13-18-4-5-21(13)15(16)17/h4-5,12,15H,3,6-11H2,1-2H3. The summed E-state index contributed by atoms with van der Waals surface area (Å²) in [4.78, 5) is 20.1. The number of piperazine rings is 1. The average molecular weight is 314 g/mol. The molecule has 7 heteroatoms. The second-order valence-corrected chi connectivity index (χ2v) is 5.90. The molecule has 2 rings (SSSR count). The maximum atomic E-state index is 12.8. The fraction of sp³-hybridized carbons (Fsp3) is 0.733. The highest BCUT2D eigenvalue weighted by Crippen LogP contribution is 2.16. The zero-order valence-electron chi connectivity index (χ0n) is 13.2. The van der Waals surface area contributed by atoms with Gasteiger partial charge in [-0.15, -0.1) is 0 Å². The first-order valence-electron chi connectivity index (χ1n) is 7.81. The molecule has 0 aliphatic carbocycles. The normalized spacial score (nSPS) is 18.0. The Kier molecular flexibility index (Phi) is 5.88. The minimum Gasteiger partial charge on any atom is -0.340 e. The number of aromatic nitrogens is 2. The van der Waals surface area contributed by atoms with E-state index in [9.17, 15) is 13.6 Å². The zero-order chi connectivity index (χ0) is 16.1. The van der Waals surface area contributed by atoms with Gasteiger partial charge >= 0.3 is 6.55 Å². The van der Waals surface area contributed by atoms with Gasteiger partial charge in [-0.25, -0.2) is 4.98 Å². The molecule has 0 aromatic carbocycles. The molecule has 1 aromatic heterocycles. The van der Waals surface area contributed by atoms with Crippen molar-refractivity contribution in [2.24, 2.45) is 5.92 Å². The second kappa shape index (κ2) is 7.67. The summed E-state index contributed by atoms with van der Waals surface area (Å²) in [7, 11) is 0. The minimum atomic E-state index is -2.56. The Morgan fingerprint density at radius 3 is 2.59 bits per heavy atom. The molecule has 5 nitrogen and oxygen atoms in total. The topological polar surface area (TPSA) is 41.4 Å².